The summed E-state index contributed by atoms with van der Waals surface area (Å²) in [5.41, 5.74) is 0. The van der Waals surface area contributed by atoms with E-state index < -0.39 is 0 Å². The van der Waals surface area contributed by atoms with Crippen molar-refractivity contribution in [3.63, 3.8) is 0 Å². The van der Waals surface area contributed by atoms with Gasteiger partial charge in [0, 0.05) is 6.04 Å². The average Bonchev–Trinajstić information content (AvgIpc) is 3.02. The summed E-state index contributed by atoms with van der Waals surface area (Å²) in [6.07, 6.45) is 5.04. The van der Waals surface area contributed by atoms with Crippen molar-refractivity contribution in [1.82, 2.24) is 15.1 Å². The Morgan fingerprint density at radius 3 is 2.82 bits per heavy atom. The Bertz CT molecular complexity index is 570. The van der Waals surface area contributed by atoms with Crippen LogP contribution in [0.5, 0.6) is 5.75 Å². The number of nitrogens with zero attached hydrogens (tertiary/aromatic N) is 3. The van der Waals surface area contributed by atoms with E-state index in [0.717, 1.165) is 18.8 Å². The van der Waals surface area contributed by atoms with E-state index in [1.54, 1.807) is 0 Å². The van der Waals surface area contributed by atoms with Gasteiger partial charge in [0.25, 0.3) is 5.89 Å². The molecule has 0 saturated carbocycles. The zero-order valence-corrected chi connectivity index (χ0v) is 13.1. The van der Waals surface area contributed by atoms with Gasteiger partial charge in [0.2, 0.25) is 5.89 Å². The fourth-order valence-electron chi connectivity index (χ4n) is 2.98. The second-order valence-electron chi connectivity index (χ2n) is 5.72. The van der Waals surface area contributed by atoms with Gasteiger partial charge in [-0.05, 0) is 37.9 Å². The first-order chi connectivity index (χ1) is 10.8. The molecule has 0 spiro atoms. The molecule has 0 N–H and O–H groups in total. The molecule has 22 heavy (non-hydrogen) atoms. The molecule has 1 unspecified atom stereocenters. The van der Waals surface area contributed by atoms with Crippen LogP contribution >= 0.6 is 0 Å². The van der Waals surface area contributed by atoms with E-state index >= 15 is 0 Å². The van der Waals surface area contributed by atoms with Crippen LogP contribution in [0, 0.1) is 0 Å². The fourth-order valence-corrected chi connectivity index (χ4v) is 2.98. The highest BCUT2D eigenvalue weighted by molar-refractivity contribution is 5.20. The van der Waals surface area contributed by atoms with Gasteiger partial charge < -0.3 is 9.15 Å². The normalized spacial score (nSPS) is 19.2. The number of benzene rings is 1. The van der Waals surface area contributed by atoms with Crippen LogP contribution in [-0.2, 0) is 13.2 Å². The maximum absolute atomic E-state index is 5.71. The van der Waals surface area contributed by atoms with Gasteiger partial charge in [-0.15, -0.1) is 10.2 Å². The van der Waals surface area contributed by atoms with Gasteiger partial charge in [-0.3, -0.25) is 4.90 Å². The molecule has 2 aromatic rings. The molecule has 0 bridgehead atoms. The summed E-state index contributed by atoms with van der Waals surface area (Å²) in [6, 6.07) is 10.3. The van der Waals surface area contributed by atoms with Gasteiger partial charge in [0.15, 0.2) is 6.61 Å². The number of likely N-dealkylation sites (tertiary alicyclic amines) is 1. The number of aromatic nitrogens is 2. The predicted octanol–water partition coefficient (Wildman–Crippen LogP) is 3.41. The zero-order valence-electron chi connectivity index (χ0n) is 13.1. The molecule has 2 heterocycles. The number of rotatable bonds is 6. The van der Waals surface area contributed by atoms with Crippen LogP contribution < -0.4 is 4.74 Å². The van der Waals surface area contributed by atoms with Crippen molar-refractivity contribution in [3.05, 3.63) is 42.1 Å². The van der Waals surface area contributed by atoms with Crippen LogP contribution in [0.25, 0.3) is 0 Å². The molecular formula is C17H23N3O2. The molecule has 1 saturated heterocycles. The maximum Gasteiger partial charge on any atom is 0.253 e. The second-order valence-corrected chi connectivity index (χ2v) is 5.72. The van der Waals surface area contributed by atoms with Crippen LogP contribution in [0.4, 0.5) is 0 Å². The number of hydrogen-bond donors (Lipinski definition) is 0. The first kappa shape index (κ1) is 15.0. The fraction of sp³-hybridized carbons (Fsp3) is 0.529. The standard InChI is InChI=1S/C17H23N3O2/c1-2-14-8-6-7-11-20(14)12-16-18-19-17(22-16)13-21-15-9-4-3-5-10-15/h3-5,9-10,14H,2,6-8,11-13H2,1H3. The molecular weight excluding hydrogens is 278 g/mol. The third-order valence-corrected chi connectivity index (χ3v) is 4.17. The largest absolute Gasteiger partial charge is 0.484 e. The van der Waals surface area contributed by atoms with Gasteiger partial charge in [-0.25, -0.2) is 0 Å². The maximum atomic E-state index is 5.71. The van der Waals surface area contributed by atoms with E-state index in [1.807, 2.05) is 30.3 Å². The Balaban J connectivity index is 1.54. The highest BCUT2D eigenvalue weighted by atomic mass is 16.5. The van der Waals surface area contributed by atoms with Crippen molar-refractivity contribution < 1.29 is 9.15 Å². The van der Waals surface area contributed by atoms with Gasteiger partial charge in [-0.1, -0.05) is 31.5 Å². The Labute approximate surface area is 131 Å². The summed E-state index contributed by atoms with van der Waals surface area (Å²) in [5.74, 6) is 2.03. The second kappa shape index (κ2) is 7.40. The van der Waals surface area contributed by atoms with E-state index in [1.165, 1.54) is 25.7 Å². The van der Waals surface area contributed by atoms with E-state index in [2.05, 4.69) is 22.0 Å². The zero-order chi connectivity index (χ0) is 15.2. The van der Waals surface area contributed by atoms with Crippen molar-refractivity contribution >= 4 is 0 Å². The minimum atomic E-state index is 0.314. The van der Waals surface area contributed by atoms with E-state index in [9.17, 15) is 0 Å². The molecule has 0 amide bonds. The lowest BCUT2D eigenvalue weighted by Crippen LogP contribution is -2.38. The lowest BCUT2D eigenvalue weighted by Gasteiger charge is -2.33. The summed E-state index contributed by atoms with van der Waals surface area (Å²) < 4.78 is 11.3. The summed E-state index contributed by atoms with van der Waals surface area (Å²) >= 11 is 0. The Kier molecular flexibility index (Phi) is 5.06. The van der Waals surface area contributed by atoms with E-state index in [-0.39, 0.29) is 0 Å². The van der Waals surface area contributed by atoms with Crippen LogP contribution in [0.15, 0.2) is 34.7 Å². The molecule has 5 nitrogen and oxygen atoms in total. The van der Waals surface area contributed by atoms with Crippen LogP contribution in [0.2, 0.25) is 0 Å². The Morgan fingerprint density at radius 1 is 1.18 bits per heavy atom. The average molecular weight is 301 g/mol. The van der Waals surface area contributed by atoms with E-state index in [4.69, 9.17) is 9.15 Å². The quantitative estimate of drug-likeness (QED) is 0.818. The number of para-hydroxylation sites is 1. The molecule has 1 aromatic carbocycles. The number of ether oxygens (including phenoxy) is 1. The van der Waals surface area contributed by atoms with Gasteiger partial charge in [0.1, 0.15) is 5.75 Å². The van der Waals surface area contributed by atoms with Crippen LogP contribution in [0.1, 0.15) is 44.4 Å². The molecule has 3 rings (SSSR count). The molecule has 0 radical (unpaired) electrons. The monoisotopic (exact) mass is 301 g/mol. The van der Waals surface area contributed by atoms with Crippen LogP contribution in [-0.4, -0.2) is 27.7 Å². The highest BCUT2D eigenvalue weighted by Crippen LogP contribution is 2.21. The molecule has 1 atom stereocenters. The number of hydrogen-bond acceptors (Lipinski definition) is 5. The Hall–Kier alpha value is -1.88. The molecule has 0 aliphatic carbocycles. The smallest absolute Gasteiger partial charge is 0.253 e. The third kappa shape index (κ3) is 3.85. The minimum Gasteiger partial charge on any atom is -0.484 e. The highest BCUT2D eigenvalue weighted by Gasteiger charge is 2.22. The van der Waals surface area contributed by atoms with Crippen molar-refractivity contribution in [2.24, 2.45) is 0 Å². The van der Waals surface area contributed by atoms with Crippen molar-refractivity contribution in [3.8, 4) is 5.75 Å². The van der Waals surface area contributed by atoms with Crippen molar-refractivity contribution in [2.45, 2.75) is 51.8 Å². The summed E-state index contributed by atoms with van der Waals surface area (Å²) in [5, 5.41) is 8.23. The minimum absolute atomic E-state index is 0.314. The Morgan fingerprint density at radius 2 is 2.00 bits per heavy atom. The van der Waals surface area contributed by atoms with E-state index in [0.29, 0.717) is 24.4 Å². The summed E-state index contributed by atoms with van der Waals surface area (Å²) in [4.78, 5) is 2.46. The number of piperidine rings is 1. The first-order valence-corrected chi connectivity index (χ1v) is 8.08. The molecule has 1 fully saturated rings. The molecule has 1 aromatic heterocycles. The van der Waals surface area contributed by atoms with Crippen LogP contribution in [0.3, 0.4) is 0 Å². The lowest BCUT2D eigenvalue weighted by molar-refractivity contribution is 0.122. The molecule has 5 heteroatoms. The molecule has 1 aliphatic rings. The molecule has 118 valence electrons. The predicted molar refractivity (Wildman–Crippen MR) is 83.4 cm³/mol. The summed E-state index contributed by atoms with van der Waals surface area (Å²) in [7, 11) is 0. The molecule has 1 aliphatic heterocycles. The SMILES string of the molecule is CCC1CCCCN1Cc1nnc(COc2ccccc2)o1. The first-order valence-electron chi connectivity index (χ1n) is 8.08. The van der Waals surface area contributed by atoms with Crippen molar-refractivity contribution in [1.29, 1.82) is 0 Å². The topological polar surface area (TPSA) is 51.4 Å². The van der Waals surface area contributed by atoms with Gasteiger partial charge in [0.05, 0.1) is 6.54 Å². The third-order valence-electron chi connectivity index (χ3n) is 4.17. The summed E-state index contributed by atoms with van der Waals surface area (Å²) in [6.45, 7) is 4.43. The lowest BCUT2D eigenvalue weighted by atomic mass is 10.0. The van der Waals surface area contributed by atoms with Gasteiger partial charge in [-0.2, -0.15) is 0 Å². The van der Waals surface area contributed by atoms with Gasteiger partial charge >= 0.3 is 0 Å². The van der Waals surface area contributed by atoms with Crippen molar-refractivity contribution in [2.75, 3.05) is 6.54 Å².